The zero-order valence-electron chi connectivity index (χ0n) is 9.99. The lowest BCUT2D eigenvalue weighted by molar-refractivity contribution is 0.0538. The van der Waals surface area contributed by atoms with Gasteiger partial charge in [-0.15, -0.1) is 0 Å². The van der Waals surface area contributed by atoms with Crippen LogP contribution < -0.4 is 5.73 Å². The minimum atomic E-state index is 0.662. The van der Waals surface area contributed by atoms with Gasteiger partial charge in [0.05, 0.1) is 0 Å². The monoisotopic (exact) mass is 211 g/mol. The standard InChI is InChI=1S/C12H25N3/c1-14-7-4-6-12(10-14)15-8-3-2-5-11(15)9-13/h11-12H,2-10,13H2,1H3. The van der Waals surface area contributed by atoms with E-state index in [1.54, 1.807) is 0 Å². The van der Waals surface area contributed by atoms with Gasteiger partial charge in [0.15, 0.2) is 0 Å². The molecule has 0 spiro atoms. The van der Waals surface area contributed by atoms with Gasteiger partial charge in [-0.1, -0.05) is 6.42 Å². The van der Waals surface area contributed by atoms with E-state index in [0.29, 0.717) is 6.04 Å². The molecule has 3 heteroatoms. The lowest BCUT2D eigenvalue weighted by Gasteiger charge is -2.44. The summed E-state index contributed by atoms with van der Waals surface area (Å²) in [5, 5.41) is 0. The quantitative estimate of drug-likeness (QED) is 0.736. The van der Waals surface area contributed by atoms with Gasteiger partial charge < -0.3 is 10.6 Å². The molecular weight excluding hydrogens is 186 g/mol. The first-order chi connectivity index (χ1) is 7.31. The Bertz CT molecular complexity index is 195. The van der Waals surface area contributed by atoms with E-state index in [1.807, 2.05) is 0 Å². The van der Waals surface area contributed by atoms with Crippen molar-refractivity contribution >= 4 is 0 Å². The maximum Gasteiger partial charge on any atom is 0.0227 e. The van der Waals surface area contributed by atoms with E-state index < -0.39 is 0 Å². The minimum absolute atomic E-state index is 0.662. The largest absolute Gasteiger partial charge is 0.329 e. The Kier molecular flexibility index (Phi) is 4.00. The average molecular weight is 211 g/mol. The first-order valence-electron chi connectivity index (χ1n) is 6.45. The third kappa shape index (κ3) is 2.71. The van der Waals surface area contributed by atoms with Crippen molar-refractivity contribution in [3.8, 4) is 0 Å². The van der Waals surface area contributed by atoms with Crippen LogP contribution in [0.4, 0.5) is 0 Å². The van der Waals surface area contributed by atoms with Gasteiger partial charge >= 0.3 is 0 Å². The highest BCUT2D eigenvalue weighted by atomic mass is 15.2. The van der Waals surface area contributed by atoms with Crippen LogP contribution in [0.15, 0.2) is 0 Å². The number of hydrogen-bond donors (Lipinski definition) is 1. The molecule has 15 heavy (non-hydrogen) atoms. The highest BCUT2D eigenvalue weighted by Gasteiger charge is 2.29. The smallest absolute Gasteiger partial charge is 0.0227 e. The second kappa shape index (κ2) is 5.28. The fourth-order valence-corrected chi connectivity index (χ4v) is 3.17. The molecule has 2 saturated heterocycles. The van der Waals surface area contributed by atoms with Crippen molar-refractivity contribution in [2.75, 3.05) is 33.2 Å². The van der Waals surface area contributed by atoms with Crippen molar-refractivity contribution in [1.82, 2.24) is 9.80 Å². The van der Waals surface area contributed by atoms with Crippen LogP contribution in [0.2, 0.25) is 0 Å². The number of hydrogen-bond acceptors (Lipinski definition) is 3. The Morgan fingerprint density at radius 3 is 2.73 bits per heavy atom. The summed E-state index contributed by atoms with van der Waals surface area (Å²) in [6, 6.07) is 1.44. The number of nitrogens with zero attached hydrogens (tertiary/aromatic N) is 2. The van der Waals surface area contributed by atoms with Gasteiger partial charge in [0.2, 0.25) is 0 Å². The van der Waals surface area contributed by atoms with Crippen LogP contribution in [0.25, 0.3) is 0 Å². The van der Waals surface area contributed by atoms with Gasteiger partial charge in [0.1, 0.15) is 0 Å². The Morgan fingerprint density at radius 2 is 2.00 bits per heavy atom. The molecule has 2 N–H and O–H groups in total. The summed E-state index contributed by atoms with van der Waals surface area (Å²) >= 11 is 0. The van der Waals surface area contributed by atoms with Crippen LogP contribution in [0.5, 0.6) is 0 Å². The van der Waals surface area contributed by atoms with Gasteiger partial charge in [0.25, 0.3) is 0 Å². The summed E-state index contributed by atoms with van der Waals surface area (Å²) < 4.78 is 0. The fourth-order valence-electron chi connectivity index (χ4n) is 3.17. The molecular formula is C12H25N3. The number of piperidine rings is 2. The lowest BCUT2D eigenvalue weighted by Crippen LogP contribution is -2.54. The molecule has 0 aromatic rings. The van der Waals surface area contributed by atoms with Gasteiger partial charge in [-0.2, -0.15) is 0 Å². The van der Waals surface area contributed by atoms with Crippen LogP contribution in [-0.4, -0.2) is 55.1 Å². The first kappa shape index (κ1) is 11.4. The van der Waals surface area contributed by atoms with E-state index in [2.05, 4.69) is 16.8 Å². The van der Waals surface area contributed by atoms with Crippen LogP contribution in [-0.2, 0) is 0 Å². The molecule has 2 atom stereocenters. The summed E-state index contributed by atoms with van der Waals surface area (Å²) in [6.07, 6.45) is 6.80. The molecule has 0 aliphatic carbocycles. The molecule has 88 valence electrons. The van der Waals surface area contributed by atoms with Crippen molar-refractivity contribution in [3.05, 3.63) is 0 Å². The summed E-state index contributed by atoms with van der Waals surface area (Å²) in [5.41, 5.74) is 5.88. The predicted octanol–water partition coefficient (Wildman–Crippen LogP) is 0.894. The summed E-state index contributed by atoms with van der Waals surface area (Å²) in [7, 11) is 2.24. The maximum absolute atomic E-state index is 5.88. The molecule has 2 rings (SSSR count). The molecule has 0 radical (unpaired) electrons. The highest BCUT2D eigenvalue weighted by Crippen LogP contribution is 2.23. The lowest BCUT2D eigenvalue weighted by atomic mass is 9.96. The second-order valence-electron chi connectivity index (χ2n) is 5.18. The summed E-state index contributed by atoms with van der Waals surface area (Å²) in [6.45, 7) is 4.65. The van der Waals surface area contributed by atoms with Crippen molar-refractivity contribution in [2.24, 2.45) is 5.73 Å². The third-order valence-corrected chi connectivity index (χ3v) is 4.01. The first-order valence-corrected chi connectivity index (χ1v) is 6.45. The number of likely N-dealkylation sites (tertiary alicyclic amines) is 2. The highest BCUT2D eigenvalue weighted by molar-refractivity contribution is 4.86. The molecule has 0 amide bonds. The SMILES string of the molecule is CN1CCCC(N2CCCCC2CN)C1. The molecule has 0 aromatic carbocycles. The van der Waals surface area contributed by atoms with Crippen molar-refractivity contribution in [3.63, 3.8) is 0 Å². The maximum atomic E-state index is 5.88. The minimum Gasteiger partial charge on any atom is -0.329 e. The third-order valence-electron chi connectivity index (χ3n) is 4.01. The normalized spacial score (nSPS) is 35.6. The van der Waals surface area contributed by atoms with Gasteiger partial charge in [0, 0.05) is 25.2 Å². The van der Waals surface area contributed by atoms with Crippen molar-refractivity contribution in [2.45, 2.75) is 44.2 Å². The molecule has 2 heterocycles. The molecule has 0 aromatic heterocycles. The number of nitrogens with two attached hydrogens (primary N) is 1. The van der Waals surface area contributed by atoms with E-state index in [4.69, 9.17) is 5.73 Å². The summed E-state index contributed by atoms with van der Waals surface area (Å²) in [5.74, 6) is 0. The molecule has 2 aliphatic heterocycles. The fraction of sp³-hybridized carbons (Fsp3) is 1.00. The van der Waals surface area contributed by atoms with Gasteiger partial charge in [-0.05, 0) is 45.8 Å². The van der Waals surface area contributed by atoms with E-state index in [1.165, 1.54) is 51.7 Å². The molecule has 0 saturated carbocycles. The van der Waals surface area contributed by atoms with Crippen molar-refractivity contribution in [1.29, 1.82) is 0 Å². The van der Waals surface area contributed by atoms with E-state index in [9.17, 15) is 0 Å². The summed E-state index contributed by atoms with van der Waals surface area (Å²) in [4.78, 5) is 5.16. The van der Waals surface area contributed by atoms with E-state index in [-0.39, 0.29) is 0 Å². The molecule has 0 bridgehead atoms. The van der Waals surface area contributed by atoms with Crippen molar-refractivity contribution < 1.29 is 0 Å². The van der Waals surface area contributed by atoms with Gasteiger partial charge in [-0.25, -0.2) is 0 Å². The molecule has 3 nitrogen and oxygen atoms in total. The zero-order chi connectivity index (χ0) is 10.7. The Labute approximate surface area is 93.6 Å². The average Bonchev–Trinajstić information content (AvgIpc) is 2.29. The number of rotatable bonds is 2. The molecule has 2 fully saturated rings. The zero-order valence-corrected chi connectivity index (χ0v) is 9.99. The van der Waals surface area contributed by atoms with E-state index >= 15 is 0 Å². The molecule has 2 unspecified atom stereocenters. The second-order valence-corrected chi connectivity index (χ2v) is 5.18. The molecule has 2 aliphatic rings. The predicted molar refractivity (Wildman–Crippen MR) is 63.9 cm³/mol. The topological polar surface area (TPSA) is 32.5 Å². The Morgan fingerprint density at radius 1 is 1.13 bits per heavy atom. The van der Waals surface area contributed by atoms with Crippen LogP contribution in [0.3, 0.4) is 0 Å². The van der Waals surface area contributed by atoms with Gasteiger partial charge in [-0.3, -0.25) is 4.90 Å². The Hall–Kier alpha value is -0.120. The Balaban J connectivity index is 1.94. The van der Waals surface area contributed by atoms with Crippen LogP contribution >= 0.6 is 0 Å². The van der Waals surface area contributed by atoms with E-state index in [0.717, 1.165) is 12.6 Å². The number of likely N-dealkylation sites (N-methyl/N-ethyl adjacent to an activating group) is 1. The van der Waals surface area contributed by atoms with Crippen LogP contribution in [0.1, 0.15) is 32.1 Å². The van der Waals surface area contributed by atoms with Crippen LogP contribution in [0, 0.1) is 0 Å².